The number of nitrogens with zero attached hydrogens (tertiary/aromatic N) is 3. The second-order valence-electron chi connectivity index (χ2n) is 6.28. The lowest BCUT2D eigenvalue weighted by Gasteiger charge is -2.38. The van der Waals surface area contributed by atoms with Gasteiger partial charge in [-0.1, -0.05) is 11.6 Å². The van der Waals surface area contributed by atoms with Gasteiger partial charge in [-0.2, -0.15) is 26.3 Å². The molecule has 1 aliphatic rings. The molecule has 2 N–H and O–H groups in total. The molecular weight excluding hydrogens is 410 g/mol. The Balaban J connectivity index is 1.77. The SMILES string of the molecule is Nc1ccc(N2CCN(c3ncc(C(F)(F)F)cc3Cl)CC2)c(C(F)(F)F)c1. The smallest absolute Gasteiger partial charge is 0.399 e. The topological polar surface area (TPSA) is 45.4 Å². The Labute approximate surface area is 161 Å². The molecule has 0 unspecified atom stereocenters. The Morgan fingerprint density at radius 2 is 1.50 bits per heavy atom. The normalized spacial score (nSPS) is 15.8. The van der Waals surface area contributed by atoms with E-state index in [4.69, 9.17) is 17.3 Å². The minimum atomic E-state index is -4.56. The third-order valence-corrected chi connectivity index (χ3v) is 4.67. The number of nitrogen functional groups attached to an aromatic ring is 1. The number of hydrogen-bond acceptors (Lipinski definition) is 4. The lowest BCUT2D eigenvalue weighted by atomic mass is 10.1. The summed E-state index contributed by atoms with van der Waals surface area (Å²) in [4.78, 5) is 6.99. The highest BCUT2D eigenvalue weighted by Gasteiger charge is 2.36. The van der Waals surface area contributed by atoms with E-state index in [1.165, 1.54) is 12.1 Å². The van der Waals surface area contributed by atoms with Crippen molar-refractivity contribution in [3.8, 4) is 0 Å². The van der Waals surface area contributed by atoms with E-state index in [1.807, 2.05) is 0 Å². The van der Waals surface area contributed by atoms with Crippen LogP contribution in [0.2, 0.25) is 5.02 Å². The van der Waals surface area contributed by atoms with Gasteiger partial charge in [0, 0.05) is 43.8 Å². The maximum atomic E-state index is 13.3. The van der Waals surface area contributed by atoms with E-state index in [0.717, 1.165) is 12.1 Å². The fraction of sp³-hybridized carbons (Fsp3) is 0.353. The van der Waals surface area contributed by atoms with Gasteiger partial charge in [0.1, 0.15) is 5.82 Å². The molecule has 2 heterocycles. The monoisotopic (exact) mass is 424 g/mol. The van der Waals surface area contributed by atoms with Crippen LogP contribution < -0.4 is 15.5 Å². The predicted octanol–water partition coefficient (Wildman–Crippen LogP) is 4.68. The molecule has 4 nitrogen and oxygen atoms in total. The van der Waals surface area contributed by atoms with Crippen LogP contribution >= 0.6 is 11.6 Å². The fourth-order valence-electron chi connectivity index (χ4n) is 3.03. The van der Waals surface area contributed by atoms with Gasteiger partial charge in [-0.25, -0.2) is 4.98 Å². The molecule has 0 spiro atoms. The number of benzene rings is 1. The van der Waals surface area contributed by atoms with Crippen LogP contribution in [0.15, 0.2) is 30.5 Å². The number of nitrogens with two attached hydrogens (primary N) is 1. The second-order valence-corrected chi connectivity index (χ2v) is 6.68. The van der Waals surface area contributed by atoms with Crippen LogP contribution in [0.4, 0.5) is 43.5 Å². The molecule has 0 bridgehead atoms. The zero-order valence-electron chi connectivity index (χ0n) is 14.3. The van der Waals surface area contributed by atoms with Gasteiger partial charge >= 0.3 is 12.4 Å². The van der Waals surface area contributed by atoms with Crippen molar-refractivity contribution < 1.29 is 26.3 Å². The largest absolute Gasteiger partial charge is 0.418 e. The number of piperazine rings is 1. The Hall–Kier alpha value is -2.36. The van der Waals surface area contributed by atoms with Gasteiger partial charge in [0.05, 0.1) is 16.1 Å². The number of alkyl halides is 6. The van der Waals surface area contributed by atoms with Gasteiger partial charge in [-0.3, -0.25) is 0 Å². The van der Waals surface area contributed by atoms with Gasteiger partial charge in [0.25, 0.3) is 0 Å². The molecule has 0 radical (unpaired) electrons. The molecule has 152 valence electrons. The van der Waals surface area contributed by atoms with Crippen molar-refractivity contribution >= 4 is 28.8 Å². The lowest BCUT2D eigenvalue weighted by molar-refractivity contribution is -0.138. The van der Waals surface area contributed by atoms with E-state index in [9.17, 15) is 26.3 Å². The van der Waals surface area contributed by atoms with Crippen LogP contribution in [0.1, 0.15) is 11.1 Å². The van der Waals surface area contributed by atoms with Crippen molar-refractivity contribution in [2.24, 2.45) is 0 Å². The molecule has 1 aromatic carbocycles. The predicted molar refractivity (Wildman–Crippen MR) is 94.5 cm³/mol. The van der Waals surface area contributed by atoms with Crippen LogP contribution in [-0.4, -0.2) is 31.2 Å². The van der Waals surface area contributed by atoms with Gasteiger partial charge in [-0.15, -0.1) is 0 Å². The molecule has 1 aliphatic heterocycles. The number of pyridine rings is 1. The van der Waals surface area contributed by atoms with Crippen molar-refractivity contribution in [3.63, 3.8) is 0 Å². The first-order valence-corrected chi connectivity index (χ1v) is 8.54. The average Bonchev–Trinajstić information content (AvgIpc) is 2.60. The van der Waals surface area contributed by atoms with Crippen LogP contribution in [0, 0.1) is 0 Å². The molecule has 28 heavy (non-hydrogen) atoms. The summed E-state index contributed by atoms with van der Waals surface area (Å²) in [5.41, 5.74) is 3.71. The summed E-state index contributed by atoms with van der Waals surface area (Å²) in [6.07, 6.45) is -8.42. The molecule has 0 aliphatic carbocycles. The maximum absolute atomic E-state index is 13.3. The van der Waals surface area contributed by atoms with Gasteiger partial charge < -0.3 is 15.5 Å². The lowest BCUT2D eigenvalue weighted by Crippen LogP contribution is -2.47. The Kier molecular flexibility index (Phi) is 5.26. The summed E-state index contributed by atoms with van der Waals surface area (Å²) < 4.78 is 78.1. The molecule has 1 saturated heterocycles. The van der Waals surface area contributed by atoms with Crippen molar-refractivity contribution in [3.05, 3.63) is 46.6 Å². The molecule has 0 atom stereocenters. The summed E-state index contributed by atoms with van der Waals surface area (Å²) >= 11 is 5.94. The van der Waals surface area contributed by atoms with Crippen molar-refractivity contribution in [2.75, 3.05) is 41.7 Å². The van der Waals surface area contributed by atoms with Crippen LogP contribution in [0.3, 0.4) is 0 Å². The molecule has 1 fully saturated rings. The first-order chi connectivity index (χ1) is 13.0. The summed E-state index contributed by atoms with van der Waals surface area (Å²) in [5.74, 6) is 0.169. The second kappa shape index (κ2) is 7.23. The highest BCUT2D eigenvalue weighted by Crippen LogP contribution is 2.39. The van der Waals surface area contributed by atoms with E-state index < -0.39 is 23.5 Å². The van der Waals surface area contributed by atoms with Crippen LogP contribution in [0.5, 0.6) is 0 Å². The van der Waals surface area contributed by atoms with E-state index in [2.05, 4.69) is 4.98 Å². The van der Waals surface area contributed by atoms with E-state index in [-0.39, 0.29) is 48.4 Å². The molecular formula is C17H15ClF6N4. The minimum absolute atomic E-state index is 0.00725. The average molecular weight is 425 g/mol. The molecule has 0 amide bonds. The van der Waals surface area contributed by atoms with E-state index in [1.54, 1.807) is 9.80 Å². The Bertz CT molecular complexity index is 860. The zero-order chi connectivity index (χ0) is 20.7. The van der Waals surface area contributed by atoms with Gasteiger partial charge in [0.15, 0.2) is 0 Å². The van der Waals surface area contributed by atoms with Crippen LogP contribution in [0.25, 0.3) is 0 Å². The number of halogens is 7. The quantitative estimate of drug-likeness (QED) is 0.561. The van der Waals surface area contributed by atoms with Gasteiger partial charge in [-0.05, 0) is 24.3 Å². The molecule has 11 heteroatoms. The number of anilines is 3. The van der Waals surface area contributed by atoms with E-state index >= 15 is 0 Å². The molecule has 3 rings (SSSR count). The van der Waals surface area contributed by atoms with E-state index in [0.29, 0.717) is 6.20 Å². The van der Waals surface area contributed by atoms with Crippen molar-refractivity contribution in [1.29, 1.82) is 0 Å². The maximum Gasteiger partial charge on any atom is 0.418 e. The highest BCUT2D eigenvalue weighted by molar-refractivity contribution is 6.33. The standard InChI is InChI=1S/C17H15ClF6N4/c18-13-7-10(16(19,20)21)9-26-15(13)28-5-3-27(4-6-28)14-2-1-11(25)8-12(14)17(22,23)24/h1-2,7-9H,3-6,25H2. The molecule has 1 aromatic heterocycles. The Morgan fingerprint density at radius 3 is 2.04 bits per heavy atom. The third kappa shape index (κ3) is 4.21. The summed E-state index contributed by atoms with van der Waals surface area (Å²) in [5, 5.41) is -0.160. The zero-order valence-corrected chi connectivity index (χ0v) is 15.0. The number of rotatable bonds is 2. The van der Waals surface area contributed by atoms with Crippen molar-refractivity contribution in [1.82, 2.24) is 4.98 Å². The third-order valence-electron chi connectivity index (χ3n) is 4.39. The minimum Gasteiger partial charge on any atom is -0.399 e. The summed E-state index contributed by atoms with van der Waals surface area (Å²) in [7, 11) is 0. The molecule has 0 saturated carbocycles. The Morgan fingerprint density at radius 1 is 0.893 bits per heavy atom. The van der Waals surface area contributed by atoms with Crippen LogP contribution in [-0.2, 0) is 12.4 Å². The first-order valence-electron chi connectivity index (χ1n) is 8.16. The number of hydrogen-bond donors (Lipinski definition) is 1. The summed E-state index contributed by atoms with van der Waals surface area (Å²) in [6, 6.07) is 4.39. The first kappa shape index (κ1) is 20.4. The highest BCUT2D eigenvalue weighted by atomic mass is 35.5. The van der Waals surface area contributed by atoms with Gasteiger partial charge in [0.2, 0.25) is 0 Å². The number of aromatic nitrogens is 1. The van der Waals surface area contributed by atoms with Crippen molar-refractivity contribution in [2.45, 2.75) is 12.4 Å². The molecule has 2 aromatic rings. The fourth-order valence-corrected chi connectivity index (χ4v) is 3.32. The summed E-state index contributed by atoms with van der Waals surface area (Å²) in [6.45, 7) is 0.928.